The average molecular weight is 387 g/mol. The molecular formula is C24H25N3O2. The molecule has 148 valence electrons. The third-order valence-electron chi connectivity index (χ3n) is 5.32. The van der Waals surface area contributed by atoms with Gasteiger partial charge in [0.2, 0.25) is 0 Å². The number of carbonyl (C=O) groups is 1. The van der Waals surface area contributed by atoms with Crippen LogP contribution < -0.4 is 15.1 Å². The molecule has 1 fully saturated rings. The Kier molecular flexibility index (Phi) is 5.75. The highest BCUT2D eigenvalue weighted by molar-refractivity contribution is 5.99. The van der Waals surface area contributed by atoms with Crippen LogP contribution in [0.15, 0.2) is 65.8 Å². The Bertz CT molecular complexity index is 1040. The predicted molar refractivity (Wildman–Crippen MR) is 118 cm³/mol. The van der Waals surface area contributed by atoms with Crippen LogP contribution in [0.2, 0.25) is 0 Å². The molecular weight excluding hydrogens is 362 g/mol. The first-order valence-corrected chi connectivity index (χ1v) is 10.00. The molecule has 0 bridgehead atoms. The number of hydrogen-bond donors (Lipinski definition) is 1. The summed E-state index contributed by atoms with van der Waals surface area (Å²) < 4.78 is 5.54. The van der Waals surface area contributed by atoms with Crippen LogP contribution in [0, 0.1) is 0 Å². The van der Waals surface area contributed by atoms with E-state index in [1.165, 1.54) is 24.9 Å². The lowest BCUT2D eigenvalue weighted by Crippen LogP contribution is -2.29. The Morgan fingerprint density at radius 2 is 1.79 bits per heavy atom. The summed E-state index contributed by atoms with van der Waals surface area (Å²) in [4.78, 5) is 14.8. The first kappa shape index (κ1) is 19.0. The summed E-state index contributed by atoms with van der Waals surface area (Å²) in [6, 6.07) is 19.7. The number of benzene rings is 3. The van der Waals surface area contributed by atoms with Crippen LogP contribution in [0.3, 0.4) is 0 Å². The highest BCUT2D eigenvalue weighted by Crippen LogP contribution is 2.27. The van der Waals surface area contributed by atoms with Gasteiger partial charge in [-0.2, -0.15) is 5.10 Å². The van der Waals surface area contributed by atoms with Crippen molar-refractivity contribution in [2.45, 2.75) is 19.3 Å². The van der Waals surface area contributed by atoms with Gasteiger partial charge in [-0.3, -0.25) is 4.79 Å². The molecule has 1 amide bonds. The van der Waals surface area contributed by atoms with Crippen molar-refractivity contribution >= 4 is 28.6 Å². The van der Waals surface area contributed by atoms with Crippen molar-refractivity contribution in [1.82, 2.24) is 5.43 Å². The number of rotatable bonds is 5. The van der Waals surface area contributed by atoms with E-state index in [-0.39, 0.29) is 5.91 Å². The first-order valence-electron chi connectivity index (χ1n) is 10.00. The van der Waals surface area contributed by atoms with Crippen molar-refractivity contribution in [3.63, 3.8) is 0 Å². The van der Waals surface area contributed by atoms with Gasteiger partial charge in [-0.05, 0) is 54.3 Å². The van der Waals surface area contributed by atoms with Crippen molar-refractivity contribution in [2.24, 2.45) is 5.10 Å². The molecule has 29 heavy (non-hydrogen) atoms. The number of hydrogen-bond acceptors (Lipinski definition) is 4. The summed E-state index contributed by atoms with van der Waals surface area (Å²) in [5, 5.41) is 6.26. The van der Waals surface area contributed by atoms with E-state index in [1.807, 2.05) is 48.5 Å². The van der Waals surface area contributed by atoms with E-state index in [1.54, 1.807) is 19.4 Å². The molecule has 0 aliphatic carbocycles. The van der Waals surface area contributed by atoms with E-state index in [2.05, 4.69) is 21.5 Å². The van der Waals surface area contributed by atoms with Crippen LogP contribution in [0.1, 0.15) is 35.2 Å². The fourth-order valence-corrected chi connectivity index (χ4v) is 3.71. The highest BCUT2D eigenvalue weighted by Gasteiger charge is 2.13. The second kappa shape index (κ2) is 8.78. The van der Waals surface area contributed by atoms with E-state index in [4.69, 9.17) is 4.74 Å². The molecule has 5 nitrogen and oxygen atoms in total. The number of anilines is 1. The monoisotopic (exact) mass is 387 g/mol. The van der Waals surface area contributed by atoms with Gasteiger partial charge in [0.1, 0.15) is 5.75 Å². The number of fused-ring (bicyclic) bond motifs is 1. The zero-order valence-corrected chi connectivity index (χ0v) is 16.6. The summed E-state index contributed by atoms with van der Waals surface area (Å²) in [5.74, 6) is 0.507. The number of carbonyl (C=O) groups excluding carboxylic acids is 1. The molecule has 0 saturated carbocycles. The number of ether oxygens (including phenoxy) is 1. The molecule has 0 radical (unpaired) electrons. The van der Waals surface area contributed by atoms with E-state index >= 15 is 0 Å². The highest BCUT2D eigenvalue weighted by atomic mass is 16.5. The van der Waals surface area contributed by atoms with Gasteiger partial charge in [-0.1, -0.05) is 30.3 Å². The van der Waals surface area contributed by atoms with Crippen molar-refractivity contribution in [3.8, 4) is 5.75 Å². The Balaban J connectivity index is 1.45. The largest absolute Gasteiger partial charge is 0.496 e. The smallest absolute Gasteiger partial charge is 0.271 e. The van der Waals surface area contributed by atoms with Gasteiger partial charge in [0.05, 0.1) is 13.3 Å². The topological polar surface area (TPSA) is 53.9 Å². The minimum Gasteiger partial charge on any atom is -0.496 e. The van der Waals surface area contributed by atoms with Gasteiger partial charge in [-0.15, -0.1) is 0 Å². The molecule has 1 N–H and O–H groups in total. The molecule has 3 aromatic rings. The average Bonchev–Trinajstić information content (AvgIpc) is 2.79. The molecule has 1 heterocycles. The molecule has 0 aromatic heterocycles. The summed E-state index contributed by atoms with van der Waals surface area (Å²) >= 11 is 0. The van der Waals surface area contributed by atoms with Crippen LogP contribution in [-0.2, 0) is 0 Å². The maximum atomic E-state index is 12.4. The van der Waals surface area contributed by atoms with Gasteiger partial charge in [-0.25, -0.2) is 5.43 Å². The molecule has 5 heteroatoms. The summed E-state index contributed by atoms with van der Waals surface area (Å²) in [5.41, 5.74) is 5.17. The molecule has 0 unspecified atom stereocenters. The second-order valence-corrected chi connectivity index (χ2v) is 7.24. The lowest BCUT2D eigenvalue weighted by atomic mass is 10.1. The molecule has 3 aromatic carbocycles. The zero-order valence-electron chi connectivity index (χ0n) is 16.6. The van der Waals surface area contributed by atoms with Gasteiger partial charge >= 0.3 is 0 Å². The van der Waals surface area contributed by atoms with Gasteiger partial charge in [0.15, 0.2) is 0 Å². The van der Waals surface area contributed by atoms with Crippen molar-refractivity contribution in [2.75, 3.05) is 25.1 Å². The van der Waals surface area contributed by atoms with Crippen LogP contribution in [0.5, 0.6) is 5.75 Å². The predicted octanol–water partition coefficient (Wildman–Crippen LogP) is 4.60. The van der Waals surface area contributed by atoms with Crippen molar-refractivity contribution in [3.05, 3.63) is 71.8 Å². The number of nitrogens with zero attached hydrogens (tertiary/aromatic N) is 2. The zero-order chi connectivity index (χ0) is 20.1. The Morgan fingerprint density at radius 1 is 1.00 bits per heavy atom. The normalized spacial score (nSPS) is 14.3. The standard InChI is InChI=1S/C24H25N3O2/c1-29-23-16-22(27-13-5-2-6-14-27)12-11-21(23)17-25-26-24(28)20-10-9-18-7-3-4-8-19(18)15-20/h3-4,7-12,15-17H,2,5-6,13-14H2,1H3,(H,26,28)/b25-17-. The maximum Gasteiger partial charge on any atom is 0.271 e. The molecule has 1 aliphatic rings. The summed E-state index contributed by atoms with van der Waals surface area (Å²) in [7, 11) is 1.65. The van der Waals surface area contributed by atoms with Crippen LogP contribution in [-0.4, -0.2) is 32.3 Å². The minimum atomic E-state index is -0.240. The Labute approximate surface area is 171 Å². The molecule has 1 aliphatic heterocycles. The van der Waals surface area contributed by atoms with Gasteiger partial charge in [0.25, 0.3) is 5.91 Å². The van der Waals surface area contributed by atoms with E-state index in [0.29, 0.717) is 5.56 Å². The van der Waals surface area contributed by atoms with Gasteiger partial charge in [0, 0.05) is 36.0 Å². The fraction of sp³-hybridized carbons (Fsp3) is 0.250. The van der Waals surface area contributed by atoms with Gasteiger partial charge < -0.3 is 9.64 Å². The van der Waals surface area contributed by atoms with Crippen molar-refractivity contribution < 1.29 is 9.53 Å². The Morgan fingerprint density at radius 3 is 2.59 bits per heavy atom. The lowest BCUT2D eigenvalue weighted by molar-refractivity contribution is 0.0955. The molecule has 1 saturated heterocycles. The number of methoxy groups -OCH3 is 1. The van der Waals surface area contributed by atoms with Crippen LogP contribution >= 0.6 is 0 Å². The Hall–Kier alpha value is -3.34. The number of amides is 1. The molecule has 0 spiro atoms. The van der Waals surface area contributed by atoms with Crippen LogP contribution in [0.4, 0.5) is 5.69 Å². The third kappa shape index (κ3) is 4.40. The van der Waals surface area contributed by atoms with E-state index in [0.717, 1.165) is 35.2 Å². The first-order chi connectivity index (χ1) is 14.2. The molecule has 4 rings (SSSR count). The number of nitrogens with one attached hydrogen (secondary N) is 1. The van der Waals surface area contributed by atoms with Crippen LogP contribution in [0.25, 0.3) is 10.8 Å². The second-order valence-electron chi connectivity index (χ2n) is 7.24. The summed E-state index contributed by atoms with van der Waals surface area (Å²) in [6.45, 7) is 2.16. The van der Waals surface area contributed by atoms with E-state index < -0.39 is 0 Å². The number of hydrazone groups is 1. The molecule has 0 atom stereocenters. The third-order valence-corrected chi connectivity index (χ3v) is 5.32. The summed E-state index contributed by atoms with van der Waals surface area (Å²) in [6.07, 6.45) is 5.38. The minimum absolute atomic E-state index is 0.240. The van der Waals surface area contributed by atoms with E-state index in [9.17, 15) is 4.79 Å². The maximum absolute atomic E-state index is 12.4. The van der Waals surface area contributed by atoms with Crippen molar-refractivity contribution in [1.29, 1.82) is 0 Å². The fourth-order valence-electron chi connectivity index (χ4n) is 3.71. The quantitative estimate of drug-likeness (QED) is 0.514. The number of piperidine rings is 1. The SMILES string of the molecule is COc1cc(N2CCCCC2)ccc1/C=N\NC(=O)c1ccc2ccccc2c1. The lowest BCUT2D eigenvalue weighted by Gasteiger charge is -2.29.